The molecule has 0 saturated carbocycles. The minimum absolute atomic E-state index is 0.220. The van der Waals surface area contributed by atoms with Crippen molar-refractivity contribution in [3.63, 3.8) is 0 Å². The van der Waals surface area contributed by atoms with Gasteiger partial charge in [0.15, 0.2) is 0 Å². The maximum atomic E-state index is 11.4. The second kappa shape index (κ2) is 10.7. The maximum Gasteiger partial charge on any atom is 0.407 e. The van der Waals surface area contributed by atoms with E-state index in [0.717, 1.165) is 18.4 Å². The van der Waals surface area contributed by atoms with Crippen LogP contribution in [0.5, 0.6) is 0 Å². The van der Waals surface area contributed by atoms with Crippen LogP contribution < -0.4 is 5.32 Å². The van der Waals surface area contributed by atoms with Crippen molar-refractivity contribution in [3.8, 4) is 0 Å². The Morgan fingerprint density at radius 2 is 1.86 bits per heavy atom. The largest absolute Gasteiger partial charge is 0.466 e. The van der Waals surface area contributed by atoms with Gasteiger partial charge in [0.1, 0.15) is 6.61 Å². The number of hydrogen-bond donors (Lipinski definition) is 1. The number of esters is 1. The van der Waals surface area contributed by atoms with Gasteiger partial charge in [0, 0.05) is 13.0 Å². The number of nitrogens with one attached hydrogen (secondary N) is 1. The number of carbonyl (C=O) groups excluding carboxylic acids is 2. The van der Waals surface area contributed by atoms with Gasteiger partial charge in [0.25, 0.3) is 0 Å². The van der Waals surface area contributed by atoms with Gasteiger partial charge in [-0.05, 0) is 18.4 Å². The smallest absolute Gasteiger partial charge is 0.407 e. The minimum atomic E-state index is -0.474. The van der Waals surface area contributed by atoms with Gasteiger partial charge in [0.05, 0.1) is 6.61 Å². The number of benzene rings is 1. The molecule has 5 nitrogen and oxygen atoms in total. The van der Waals surface area contributed by atoms with Crippen molar-refractivity contribution in [1.82, 2.24) is 5.32 Å². The van der Waals surface area contributed by atoms with E-state index in [1.807, 2.05) is 37.3 Å². The molecule has 0 bridgehead atoms. The highest BCUT2D eigenvalue weighted by Crippen LogP contribution is 2.00. The standard InChI is InChI=1S/C16H23NO4/c1-2-3-12-20-15(18)10-7-11-17-16(19)21-13-14-8-5-4-6-9-14/h4-6,8-9H,2-3,7,10-13H2,1H3,(H,17,19). The fraction of sp³-hybridized carbons (Fsp3) is 0.500. The molecule has 1 aromatic rings. The predicted molar refractivity (Wildman–Crippen MR) is 79.7 cm³/mol. The van der Waals surface area contributed by atoms with Crippen molar-refractivity contribution in [2.45, 2.75) is 39.2 Å². The van der Waals surface area contributed by atoms with E-state index in [-0.39, 0.29) is 12.6 Å². The Balaban J connectivity index is 2.02. The molecule has 0 radical (unpaired) electrons. The fourth-order valence-electron chi connectivity index (χ4n) is 1.60. The molecule has 1 aromatic carbocycles. The highest BCUT2D eigenvalue weighted by atomic mass is 16.5. The van der Waals surface area contributed by atoms with Crippen LogP contribution in [0.25, 0.3) is 0 Å². The summed E-state index contributed by atoms with van der Waals surface area (Å²) in [5, 5.41) is 2.61. The van der Waals surface area contributed by atoms with Gasteiger partial charge in [-0.25, -0.2) is 4.79 Å². The fourth-order valence-corrected chi connectivity index (χ4v) is 1.60. The van der Waals surface area contributed by atoms with E-state index in [9.17, 15) is 9.59 Å². The minimum Gasteiger partial charge on any atom is -0.466 e. The molecule has 0 aliphatic heterocycles. The summed E-state index contributed by atoms with van der Waals surface area (Å²) in [5.74, 6) is -0.220. The van der Waals surface area contributed by atoms with Crippen LogP contribution in [0.2, 0.25) is 0 Å². The van der Waals surface area contributed by atoms with Crippen LogP contribution in [0.4, 0.5) is 4.79 Å². The van der Waals surface area contributed by atoms with E-state index in [0.29, 0.717) is 26.0 Å². The first kappa shape index (κ1) is 17.0. The normalized spacial score (nSPS) is 9.95. The molecule has 0 fully saturated rings. The van der Waals surface area contributed by atoms with Gasteiger partial charge < -0.3 is 14.8 Å². The van der Waals surface area contributed by atoms with Crippen LogP contribution in [0, 0.1) is 0 Å². The van der Waals surface area contributed by atoms with Crippen molar-refractivity contribution in [3.05, 3.63) is 35.9 Å². The lowest BCUT2D eigenvalue weighted by atomic mass is 10.2. The van der Waals surface area contributed by atoms with E-state index >= 15 is 0 Å². The summed E-state index contributed by atoms with van der Waals surface area (Å²) in [5.41, 5.74) is 0.937. The number of rotatable bonds is 9. The molecular weight excluding hydrogens is 270 g/mol. The first-order valence-electron chi connectivity index (χ1n) is 7.32. The van der Waals surface area contributed by atoms with Gasteiger partial charge in [-0.2, -0.15) is 0 Å². The van der Waals surface area contributed by atoms with Gasteiger partial charge >= 0.3 is 12.1 Å². The summed E-state index contributed by atoms with van der Waals surface area (Å²) in [6.45, 7) is 3.16. The Morgan fingerprint density at radius 3 is 2.57 bits per heavy atom. The van der Waals surface area contributed by atoms with Crippen LogP contribution in [0.3, 0.4) is 0 Å². The molecule has 1 rings (SSSR count). The average Bonchev–Trinajstić information content (AvgIpc) is 2.51. The summed E-state index contributed by atoms with van der Waals surface area (Å²) in [7, 11) is 0. The zero-order chi connectivity index (χ0) is 15.3. The monoisotopic (exact) mass is 293 g/mol. The molecule has 1 amide bonds. The third-order valence-corrected chi connectivity index (χ3v) is 2.80. The second-order valence-electron chi connectivity index (χ2n) is 4.67. The molecule has 0 atom stereocenters. The Labute approximate surface area is 125 Å². The van der Waals surface area contributed by atoms with Gasteiger partial charge in [-0.3, -0.25) is 4.79 Å². The van der Waals surface area contributed by atoms with Crippen molar-refractivity contribution in [2.24, 2.45) is 0 Å². The predicted octanol–water partition coefficient (Wildman–Crippen LogP) is 3.04. The number of carbonyl (C=O) groups is 2. The SMILES string of the molecule is CCCCOC(=O)CCCNC(=O)OCc1ccccc1. The molecule has 0 saturated heterocycles. The quantitative estimate of drug-likeness (QED) is 0.561. The highest BCUT2D eigenvalue weighted by Gasteiger charge is 2.05. The third kappa shape index (κ3) is 8.68. The first-order valence-corrected chi connectivity index (χ1v) is 7.32. The third-order valence-electron chi connectivity index (χ3n) is 2.80. The number of ether oxygens (including phenoxy) is 2. The van der Waals surface area contributed by atoms with E-state index < -0.39 is 6.09 Å². The molecule has 0 aliphatic carbocycles. The lowest BCUT2D eigenvalue weighted by molar-refractivity contribution is -0.143. The lowest BCUT2D eigenvalue weighted by Gasteiger charge is -2.07. The average molecular weight is 293 g/mol. The van der Waals surface area contributed by atoms with Crippen LogP contribution in [0.1, 0.15) is 38.2 Å². The van der Waals surface area contributed by atoms with Crippen molar-refractivity contribution in [2.75, 3.05) is 13.2 Å². The Morgan fingerprint density at radius 1 is 1.10 bits per heavy atom. The molecule has 21 heavy (non-hydrogen) atoms. The zero-order valence-corrected chi connectivity index (χ0v) is 12.5. The molecule has 0 spiro atoms. The van der Waals surface area contributed by atoms with Crippen LogP contribution in [-0.2, 0) is 20.9 Å². The molecule has 0 heterocycles. The van der Waals surface area contributed by atoms with Gasteiger partial charge in [-0.15, -0.1) is 0 Å². The number of amides is 1. The van der Waals surface area contributed by atoms with Crippen LogP contribution in [0.15, 0.2) is 30.3 Å². The molecule has 5 heteroatoms. The molecular formula is C16H23NO4. The Bertz CT molecular complexity index is 420. The van der Waals surface area contributed by atoms with E-state index in [1.165, 1.54) is 0 Å². The first-order chi connectivity index (χ1) is 10.2. The maximum absolute atomic E-state index is 11.4. The van der Waals surface area contributed by atoms with E-state index in [2.05, 4.69) is 5.32 Å². The summed E-state index contributed by atoms with van der Waals surface area (Å²) >= 11 is 0. The molecule has 1 N–H and O–H groups in total. The Hall–Kier alpha value is -2.04. The van der Waals surface area contributed by atoms with E-state index in [4.69, 9.17) is 9.47 Å². The van der Waals surface area contributed by atoms with E-state index in [1.54, 1.807) is 0 Å². The second-order valence-corrected chi connectivity index (χ2v) is 4.67. The number of alkyl carbamates (subject to hydrolysis) is 1. The Kier molecular flexibility index (Phi) is 8.68. The zero-order valence-electron chi connectivity index (χ0n) is 12.5. The topological polar surface area (TPSA) is 64.6 Å². The van der Waals surface area contributed by atoms with Crippen LogP contribution in [-0.4, -0.2) is 25.2 Å². The van der Waals surface area contributed by atoms with Gasteiger partial charge in [0.2, 0.25) is 0 Å². The summed E-state index contributed by atoms with van der Waals surface area (Å²) in [4.78, 5) is 22.7. The number of hydrogen-bond acceptors (Lipinski definition) is 4. The molecule has 0 aromatic heterocycles. The molecule has 116 valence electrons. The summed E-state index contributed by atoms with van der Waals surface area (Å²) < 4.78 is 10.1. The van der Waals surface area contributed by atoms with Crippen molar-refractivity contribution >= 4 is 12.1 Å². The summed E-state index contributed by atoms with van der Waals surface area (Å²) in [6, 6.07) is 9.46. The van der Waals surface area contributed by atoms with Crippen molar-refractivity contribution < 1.29 is 19.1 Å². The van der Waals surface area contributed by atoms with Gasteiger partial charge in [-0.1, -0.05) is 43.7 Å². The highest BCUT2D eigenvalue weighted by molar-refractivity contribution is 5.69. The number of unbranched alkanes of at least 4 members (excludes halogenated alkanes) is 1. The molecule has 0 aliphatic rings. The lowest BCUT2D eigenvalue weighted by Crippen LogP contribution is -2.25. The molecule has 0 unspecified atom stereocenters. The van der Waals surface area contributed by atoms with Crippen molar-refractivity contribution in [1.29, 1.82) is 0 Å². The van der Waals surface area contributed by atoms with Crippen LogP contribution >= 0.6 is 0 Å². The summed E-state index contributed by atoms with van der Waals surface area (Å²) in [6.07, 6.45) is 2.27.